The monoisotopic (exact) mass is 565 g/mol. The Morgan fingerprint density at radius 2 is 1.95 bits per heavy atom. The minimum atomic E-state index is -1.75. The Morgan fingerprint density at radius 3 is 2.55 bits per heavy atom. The molecule has 1 unspecified atom stereocenters. The van der Waals surface area contributed by atoms with Crippen molar-refractivity contribution in [3.8, 4) is 0 Å². The highest BCUT2D eigenvalue weighted by Gasteiger charge is 2.48. The number of carbonyl (C=O) groups is 2. The number of hydrogen-bond donors (Lipinski definition) is 4. The number of oxime groups is 1. The lowest BCUT2D eigenvalue weighted by atomic mass is 9.74. The third kappa shape index (κ3) is 7.08. The Morgan fingerprint density at radius 1 is 1.24 bits per heavy atom. The summed E-state index contributed by atoms with van der Waals surface area (Å²) in [5, 5.41) is 34.4. The predicted octanol–water partition coefficient (Wildman–Crippen LogP) is 3.11. The summed E-state index contributed by atoms with van der Waals surface area (Å²) in [6.07, 6.45) is 0.545. The van der Waals surface area contributed by atoms with Crippen molar-refractivity contribution < 1.29 is 24.5 Å². The maximum absolute atomic E-state index is 13.5. The zero-order valence-corrected chi connectivity index (χ0v) is 23.7. The van der Waals surface area contributed by atoms with Crippen molar-refractivity contribution in [3.05, 3.63) is 51.3 Å². The van der Waals surface area contributed by atoms with Crippen molar-refractivity contribution in [2.24, 2.45) is 11.1 Å². The van der Waals surface area contributed by atoms with Crippen LogP contribution in [0.4, 0.5) is 0 Å². The number of hydrogen-bond acceptors (Lipinski definition) is 7. The van der Waals surface area contributed by atoms with Crippen molar-refractivity contribution in [1.29, 1.82) is 0 Å². The fraction of sp³-hybridized carbons (Fsp3) is 0.520. The van der Waals surface area contributed by atoms with Gasteiger partial charge in [0.2, 0.25) is 5.60 Å². The second kappa shape index (κ2) is 12.5. The van der Waals surface area contributed by atoms with Crippen LogP contribution in [0.15, 0.2) is 29.4 Å². The Balaban J connectivity index is 1.79. The first-order valence-electron chi connectivity index (χ1n) is 12.5. The molecule has 1 aliphatic heterocycles. The summed E-state index contributed by atoms with van der Waals surface area (Å²) in [6, 6.07) is 6.95. The molecule has 0 radical (unpaired) electrons. The van der Waals surface area contributed by atoms with Crippen LogP contribution in [0.3, 0.4) is 0 Å². The SMILES string of the molecule is Cc1nn(C(C)C)c(C(=O)NCC2=NOC(Cc3cccc(Cl)c3)(C(=O)N[C@@H](CC(C)C)B(O)O)C2)c1Cl. The Kier molecular flexibility index (Phi) is 9.86. The topological polar surface area (TPSA) is 138 Å². The number of nitrogens with zero attached hydrogens (tertiary/aromatic N) is 3. The fourth-order valence-electron chi connectivity index (χ4n) is 4.35. The average molecular weight is 566 g/mol. The lowest BCUT2D eigenvalue weighted by molar-refractivity contribution is -0.144. The quantitative estimate of drug-likeness (QED) is 0.309. The van der Waals surface area contributed by atoms with Gasteiger partial charge in [-0.2, -0.15) is 5.10 Å². The summed E-state index contributed by atoms with van der Waals surface area (Å²) >= 11 is 12.5. The van der Waals surface area contributed by atoms with Gasteiger partial charge < -0.3 is 25.5 Å². The lowest BCUT2D eigenvalue weighted by Gasteiger charge is -2.29. The van der Waals surface area contributed by atoms with Crippen LogP contribution in [-0.2, 0) is 16.1 Å². The largest absolute Gasteiger partial charge is 0.475 e. The van der Waals surface area contributed by atoms with E-state index in [1.807, 2.05) is 33.8 Å². The average Bonchev–Trinajstić information content (AvgIpc) is 3.38. The molecule has 0 aliphatic carbocycles. The normalized spacial score (nSPS) is 17.8. The van der Waals surface area contributed by atoms with Gasteiger partial charge in [0.05, 0.1) is 28.9 Å². The Hall–Kier alpha value is -2.60. The van der Waals surface area contributed by atoms with E-state index in [1.165, 1.54) is 0 Å². The number of aryl methyl sites for hydroxylation is 1. The van der Waals surface area contributed by atoms with E-state index in [2.05, 4.69) is 20.9 Å². The summed E-state index contributed by atoms with van der Waals surface area (Å²) in [6.45, 7) is 9.36. The smallest absolute Gasteiger partial charge is 0.426 e. The predicted molar refractivity (Wildman–Crippen MR) is 147 cm³/mol. The van der Waals surface area contributed by atoms with Gasteiger partial charge in [0, 0.05) is 23.9 Å². The first kappa shape index (κ1) is 30.0. The summed E-state index contributed by atoms with van der Waals surface area (Å²) in [5.41, 5.74) is 0.495. The molecule has 3 rings (SSSR count). The van der Waals surface area contributed by atoms with Crippen LogP contribution in [0.5, 0.6) is 0 Å². The second-order valence-corrected chi connectivity index (χ2v) is 11.1. The molecular formula is C25H34BCl2N5O5. The van der Waals surface area contributed by atoms with Crippen LogP contribution in [-0.4, -0.2) is 62.6 Å². The molecule has 0 spiro atoms. The van der Waals surface area contributed by atoms with E-state index in [0.717, 1.165) is 5.56 Å². The van der Waals surface area contributed by atoms with Crippen LogP contribution < -0.4 is 10.6 Å². The molecule has 0 saturated heterocycles. The molecule has 0 saturated carbocycles. The van der Waals surface area contributed by atoms with E-state index < -0.39 is 30.5 Å². The summed E-state index contributed by atoms with van der Waals surface area (Å²) < 4.78 is 1.56. The van der Waals surface area contributed by atoms with Gasteiger partial charge in [0.15, 0.2) is 0 Å². The molecule has 38 heavy (non-hydrogen) atoms. The number of rotatable bonds is 11. The number of nitrogens with one attached hydrogen (secondary N) is 2. The molecule has 1 aromatic heterocycles. The zero-order chi connectivity index (χ0) is 28.2. The zero-order valence-electron chi connectivity index (χ0n) is 22.2. The molecule has 0 fully saturated rings. The molecule has 0 bridgehead atoms. The van der Waals surface area contributed by atoms with E-state index >= 15 is 0 Å². The number of halogens is 2. The first-order valence-corrected chi connectivity index (χ1v) is 13.3. The van der Waals surface area contributed by atoms with Gasteiger partial charge in [-0.1, -0.05) is 54.3 Å². The van der Waals surface area contributed by atoms with E-state index in [-0.39, 0.29) is 42.1 Å². The lowest BCUT2D eigenvalue weighted by Crippen LogP contribution is -2.56. The van der Waals surface area contributed by atoms with Crippen molar-refractivity contribution >= 4 is 47.8 Å². The van der Waals surface area contributed by atoms with Crippen molar-refractivity contribution in [2.45, 2.75) is 71.5 Å². The summed E-state index contributed by atoms with van der Waals surface area (Å²) in [4.78, 5) is 32.3. The van der Waals surface area contributed by atoms with E-state index in [0.29, 0.717) is 22.8 Å². The molecule has 2 atom stereocenters. The van der Waals surface area contributed by atoms with Crippen molar-refractivity contribution in [2.75, 3.05) is 6.54 Å². The fourth-order valence-corrected chi connectivity index (χ4v) is 4.77. The van der Waals surface area contributed by atoms with Gasteiger partial charge in [0.25, 0.3) is 11.8 Å². The van der Waals surface area contributed by atoms with Crippen molar-refractivity contribution in [1.82, 2.24) is 20.4 Å². The molecule has 1 aromatic carbocycles. The molecule has 10 nitrogen and oxygen atoms in total. The minimum absolute atomic E-state index is 0.0140. The molecule has 1 aliphatic rings. The third-order valence-corrected chi connectivity index (χ3v) is 6.89. The van der Waals surface area contributed by atoms with Gasteiger partial charge in [-0.15, -0.1) is 0 Å². The highest BCUT2D eigenvalue weighted by Crippen LogP contribution is 2.30. The van der Waals surface area contributed by atoms with Gasteiger partial charge in [-0.3, -0.25) is 14.3 Å². The highest BCUT2D eigenvalue weighted by molar-refractivity contribution is 6.43. The molecule has 4 N–H and O–H groups in total. The Labute approximate surface area is 232 Å². The van der Waals surface area contributed by atoms with E-state index in [1.54, 1.807) is 29.8 Å². The van der Waals surface area contributed by atoms with Gasteiger partial charge in [0.1, 0.15) is 5.69 Å². The van der Waals surface area contributed by atoms with E-state index in [4.69, 9.17) is 28.0 Å². The van der Waals surface area contributed by atoms with Crippen molar-refractivity contribution in [3.63, 3.8) is 0 Å². The van der Waals surface area contributed by atoms with Crippen LogP contribution in [0.25, 0.3) is 0 Å². The maximum Gasteiger partial charge on any atom is 0.475 e. The molecule has 13 heteroatoms. The minimum Gasteiger partial charge on any atom is -0.426 e. The molecule has 2 amide bonds. The van der Waals surface area contributed by atoms with Gasteiger partial charge in [-0.25, -0.2) is 0 Å². The van der Waals surface area contributed by atoms with E-state index in [9.17, 15) is 19.6 Å². The van der Waals surface area contributed by atoms with Crippen LogP contribution >= 0.6 is 23.2 Å². The summed E-state index contributed by atoms with van der Waals surface area (Å²) in [5.74, 6) is -1.76. The Bertz CT molecular complexity index is 1200. The number of benzene rings is 1. The molecular weight excluding hydrogens is 532 g/mol. The maximum atomic E-state index is 13.5. The second-order valence-electron chi connectivity index (χ2n) is 10.3. The number of amides is 2. The first-order chi connectivity index (χ1) is 17.8. The van der Waals surface area contributed by atoms with Crippen LogP contribution in [0, 0.1) is 12.8 Å². The number of carbonyl (C=O) groups excluding carboxylic acids is 2. The molecule has 2 heterocycles. The van der Waals surface area contributed by atoms with Crippen LogP contribution in [0.2, 0.25) is 10.0 Å². The highest BCUT2D eigenvalue weighted by atomic mass is 35.5. The third-order valence-electron chi connectivity index (χ3n) is 6.20. The molecule has 206 valence electrons. The van der Waals surface area contributed by atoms with Crippen LogP contribution in [0.1, 0.15) is 68.3 Å². The number of aromatic nitrogens is 2. The molecule has 2 aromatic rings. The van der Waals surface area contributed by atoms with Gasteiger partial charge >= 0.3 is 7.12 Å². The van der Waals surface area contributed by atoms with Gasteiger partial charge in [-0.05, 0) is 50.8 Å². The summed E-state index contributed by atoms with van der Waals surface area (Å²) in [7, 11) is -1.75. The standard InChI is InChI=1S/C25H34BCl2N5O5/c1-14(2)9-20(26(36)37)30-24(35)25(11-17-7-6-8-18(27)10-17)12-19(32-38-25)13-29-23(34)22-21(28)16(5)31-33(22)15(3)4/h6-8,10,14-15,20,36-37H,9,11-13H2,1-5H3,(H,29,34)(H,30,35)/t20-,25?/m0/s1.